The molecule has 138 valence electrons. The zero-order valence-electron chi connectivity index (χ0n) is 15.1. The Morgan fingerprint density at radius 2 is 1.74 bits per heavy atom. The molecular formula is C19H18N4O3S. The smallest absolute Gasteiger partial charge is 0.214 e. The minimum Gasteiger partial charge on any atom is -0.497 e. The zero-order valence-corrected chi connectivity index (χ0v) is 15.9. The van der Waals surface area contributed by atoms with E-state index in [1.54, 1.807) is 21.3 Å². The average molecular weight is 382 g/mol. The van der Waals surface area contributed by atoms with Gasteiger partial charge in [-0.1, -0.05) is 23.9 Å². The summed E-state index contributed by atoms with van der Waals surface area (Å²) in [6.07, 6.45) is 0. The first-order chi connectivity index (χ1) is 13.2. The molecule has 0 fully saturated rings. The Balaban J connectivity index is 1.68. The van der Waals surface area contributed by atoms with Crippen LogP contribution >= 0.6 is 11.8 Å². The average Bonchev–Trinajstić information content (AvgIpc) is 3.16. The summed E-state index contributed by atoms with van der Waals surface area (Å²) in [5.41, 5.74) is 6.18. The molecule has 7 nitrogen and oxygen atoms in total. The number of ether oxygens (including phenoxy) is 3. The van der Waals surface area contributed by atoms with Crippen LogP contribution in [0.3, 0.4) is 0 Å². The van der Waals surface area contributed by atoms with Crippen LogP contribution < -0.4 is 19.6 Å². The van der Waals surface area contributed by atoms with Crippen molar-refractivity contribution in [2.24, 2.45) is 0 Å². The predicted molar refractivity (Wildman–Crippen MR) is 105 cm³/mol. The molecule has 2 aromatic carbocycles. The lowest BCUT2D eigenvalue weighted by atomic mass is 10.1. The van der Waals surface area contributed by atoms with E-state index in [4.69, 9.17) is 14.2 Å². The molecule has 0 amide bonds. The molecule has 2 heterocycles. The highest BCUT2D eigenvalue weighted by Crippen LogP contribution is 2.35. The Hall–Kier alpha value is -3.13. The summed E-state index contributed by atoms with van der Waals surface area (Å²) in [6, 6.07) is 13.5. The first-order valence-corrected chi connectivity index (χ1v) is 9.07. The molecule has 0 atom stereocenters. The van der Waals surface area contributed by atoms with E-state index < -0.39 is 0 Å². The predicted octanol–water partition coefficient (Wildman–Crippen LogP) is 3.62. The van der Waals surface area contributed by atoms with Gasteiger partial charge in [-0.3, -0.25) is 5.43 Å². The van der Waals surface area contributed by atoms with E-state index in [0.717, 1.165) is 27.7 Å². The Kier molecular flexibility index (Phi) is 4.64. The number of fused-ring (bicyclic) bond motifs is 1. The fourth-order valence-electron chi connectivity index (χ4n) is 2.79. The molecule has 0 unspecified atom stereocenters. The normalized spacial score (nSPS) is 12.6. The van der Waals surface area contributed by atoms with E-state index in [-0.39, 0.29) is 0 Å². The highest BCUT2D eigenvalue weighted by atomic mass is 32.2. The van der Waals surface area contributed by atoms with E-state index in [2.05, 4.69) is 15.6 Å². The Morgan fingerprint density at radius 1 is 0.889 bits per heavy atom. The molecular weight excluding hydrogens is 364 g/mol. The third kappa shape index (κ3) is 3.19. The van der Waals surface area contributed by atoms with Gasteiger partial charge in [-0.05, 0) is 30.3 Å². The van der Waals surface area contributed by atoms with Gasteiger partial charge in [0.15, 0.2) is 17.3 Å². The molecule has 8 heteroatoms. The second-order valence-electron chi connectivity index (χ2n) is 5.70. The SMILES string of the molecule is COc1cccc(-c2nnc3n2NC(c2ccc(OC)c(OC)c2)=CS3)c1. The van der Waals surface area contributed by atoms with Gasteiger partial charge >= 0.3 is 0 Å². The van der Waals surface area contributed by atoms with E-state index in [0.29, 0.717) is 17.3 Å². The summed E-state index contributed by atoms with van der Waals surface area (Å²) >= 11 is 1.50. The summed E-state index contributed by atoms with van der Waals surface area (Å²) < 4.78 is 17.9. The second kappa shape index (κ2) is 7.24. The largest absolute Gasteiger partial charge is 0.497 e. The first-order valence-electron chi connectivity index (χ1n) is 8.19. The van der Waals surface area contributed by atoms with Crippen LogP contribution in [0.1, 0.15) is 5.56 Å². The topological polar surface area (TPSA) is 70.4 Å². The van der Waals surface area contributed by atoms with Crippen LogP contribution in [-0.4, -0.2) is 36.2 Å². The lowest BCUT2D eigenvalue weighted by molar-refractivity contribution is 0.355. The maximum Gasteiger partial charge on any atom is 0.214 e. The fourth-order valence-corrected chi connectivity index (χ4v) is 3.53. The number of hydrogen-bond donors (Lipinski definition) is 1. The van der Waals surface area contributed by atoms with Gasteiger partial charge < -0.3 is 14.2 Å². The van der Waals surface area contributed by atoms with E-state index in [1.165, 1.54) is 11.8 Å². The summed E-state index contributed by atoms with van der Waals surface area (Å²) in [4.78, 5) is 0. The van der Waals surface area contributed by atoms with Crippen molar-refractivity contribution in [1.82, 2.24) is 14.9 Å². The summed E-state index contributed by atoms with van der Waals surface area (Å²) in [5.74, 6) is 2.84. The molecule has 0 radical (unpaired) electrons. The standard InChI is InChI=1S/C19H18N4O3S/c1-24-14-6-4-5-13(9-14)18-20-21-19-23(18)22-15(11-27-19)12-7-8-16(25-2)17(10-12)26-3/h4-11,22H,1-3H3. The van der Waals surface area contributed by atoms with Gasteiger partial charge in [-0.15, -0.1) is 10.2 Å². The van der Waals surface area contributed by atoms with E-state index in [9.17, 15) is 0 Å². The number of rotatable bonds is 5. The van der Waals surface area contributed by atoms with Gasteiger partial charge in [0.2, 0.25) is 5.16 Å². The minimum absolute atomic E-state index is 0.672. The number of nitrogens with one attached hydrogen (secondary N) is 1. The van der Waals surface area contributed by atoms with Crippen LogP contribution in [0.2, 0.25) is 0 Å². The van der Waals surface area contributed by atoms with Gasteiger partial charge in [-0.25, -0.2) is 4.68 Å². The highest BCUT2D eigenvalue weighted by Gasteiger charge is 2.20. The first kappa shape index (κ1) is 17.3. The van der Waals surface area contributed by atoms with Gasteiger partial charge in [0.1, 0.15) is 5.75 Å². The lowest BCUT2D eigenvalue weighted by Gasteiger charge is -2.20. The Morgan fingerprint density at radius 3 is 2.52 bits per heavy atom. The minimum atomic E-state index is 0.672. The van der Waals surface area contributed by atoms with Crippen LogP contribution in [0.15, 0.2) is 53.0 Å². The number of hydrogen-bond acceptors (Lipinski definition) is 7. The van der Waals surface area contributed by atoms with Gasteiger partial charge in [0, 0.05) is 16.5 Å². The zero-order chi connectivity index (χ0) is 18.8. The number of thioether (sulfide) groups is 1. The molecule has 1 aliphatic heterocycles. The molecule has 0 bridgehead atoms. The van der Waals surface area contributed by atoms with Gasteiger partial charge in [0.05, 0.1) is 27.0 Å². The van der Waals surface area contributed by atoms with Crippen LogP contribution in [0.25, 0.3) is 17.1 Å². The molecule has 0 aliphatic carbocycles. The van der Waals surface area contributed by atoms with E-state index in [1.807, 2.05) is 52.5 Å². The summed E-state index contributed by atoms with van der Waals surface area (Å²) in [6.45, 7) is 0. The molecule has 4 rings (SSSR count). The van der Waals surface area contributed by atoms with E-state index >= 15 is 0 Å². The second-order valence-corrected chi connectivity index (χ2v) is 6.54. The number of benzene rings is 2. The molecule has 0 saturated heterocycles. The Labute approximate surface area is 160 Å². The fraction of sp³-hybridized carbons (Fsp3) is 0.158. The maximum absolute atomic E-state index is 5.41. The number of nitrogens with zero attached hydrogens (tertiary/aromatic N) is 3. The van der Waals surface area contributed by atoms with Crippen molar-refractivity contribution in [1.29, 1.82) is 0 Å². The third-order valence-corrected chi connectivity index (χ3v) is 5.00. The summed E-state index contributed by atoms with van der Waals surface area (Å²) in [7, 11) is 4.89. The third-order valence-electron chi connectivity index (χ3n) is 4.17. The molecule has 3 aromatic rings. The monoisotopic (exact) mass is 382 g/mol. The molecule has 1 aliphatic rings. The van der Waals surface area contributed by atoms with Crippen molar-refractivity contribution in [3.8, 4) is 28.6 Å². The van der Waals surface area contributed by atoms with Gasteiger partial charge in [0.25, 0.3) is 0 Å². The van der Waals surface area contributed by atoms with Gasteiger partial charge in [-0.2, -0.15) is 0 Å². The maximum atomic E-state index is 5.41. The van der Waals surface area contributed by atoms with Crippen LogP contribution in [0.4, 0.5) is 0 Å². The summed E-state index contributed by atoms with van der Waals surface area (Å²) in [5, 5.41) is 11.4. The van der Waals surface area contributed by atoms with Crippen LogP contribution in [0.5, 0.6) is 17.2 Å². The Bertz CT molecular complexity index is 1020. The van der Waals surface area contributed by atoms with Crippen molar-refractivity contribution >= 4 is 17.5 Å². The number of methoxy groups -OCH3 is 3. The highest BCUT2D eigenvalue weighted by molar-refractivity contribution is 8.02. The van der Waals surface area contributed by atoms with Crippen molar-refractivity contribution in [2.45, 2.75) is 5.16 Å². The van der Waals surface area contributed by atoms with Crippen LogP contribution in [-0.2, 0) is 0 Å². The molecule has 0 saturated carbocycles. The van der Waals surface area contributed by atoms with Crippen LogP contribution in [0, 0.1) is 0 Å². The molecule has 0 spiro atoms. The lowest BCUT2D eigenvalue weighted by Crippen LogP contribution is -2.18. The van der Waals surface area contributed by atoms with Crippen molar-refractivity contribution < 1.29 is 14.2 Å². The molecule has 27 heavy (non-hydrogen) atoms. The van der Waals surface area contributed by atoms with Crippen molar-refractivity contribution in [3.63, 3.8) is 0 Å². The molecule has 1 aromatic heterocycles. The number of aromatic nitrogens is 3. The van der Waals surface area contributed by atoms with Crippen molar-refractivity contribution in [2.75, 3.05) is 26.8 Å². The van der Waals surface area contributed by atoms with Crippen molar-refractivity contribution in [3.05, 3.63) is 53.4 Å². The molecule has 1 N–H and O–H groups in total. The quantitative estimate of drug-likeness (QED) is 0.723.